The first kappa shape index (κ1) is 10.1. The molecule has 0 atom stereocenters. The van der Waals surface area contributed by atoms with E-state index in [2.05, 4.69) is 17.4 Å². The monoisotopic (exact) mass is 217 g/mol. The standard InChI is InChI=1S/C13H12ClN/c1-15-11-6-4-5-10(9-11)12-7-2-3-8-13(12)14/h2-9,15H,1H3. The first-order chi connectivity index (χ1) is 7.31. The van der Waals surface area contributed by atoms with Gasteiger partial charge in [-0.25, -0.2) is 0 Å². The Bertz CT molecular complexity index is 466. The average molecular weight is 218 g/mol. The zero-order valence-electron chi connectivity index (χ0n) is 8.50. The van der Waals surface area contributed by atoms with E-state index in [4.69, 9.17) is 11.6 Å². The van der Waals surface area contributed by atoms with Crippen LogP contribution in [-0.4, -0.2) is 7.05 Å². The van der Waals surface area contributed by atoms with Crippen molar-refractivity contribution in [2.45, 2.75) is 0 Å². The van der Waals surface area contributed by atoms with Crippen LogP contribution in [0.1, 0.15) is 0 Å². The van der Waals surface area contributed by atoms with Crippen molar-refractivity contribution in [3.63, 3.8) is 0 Å². The second-order valence-corrected chi connectivity index (χ2v) is 3.72. The number of hydrogen-bond donors (Lipinski definition) is 1. The molecule has 76 valence electrons. The summed E-state index contributed by atoms with van der Waals surface area (Å²) in [5.41, 5.74) is 3.29. The third kappa shape index (κ3) is 2.13. The molecule has 0 unspecified atom stereocenters. The van der Waals surface area contributed by atoms with Crippen LogP contribution >= 0.6 is 11.6 Å². The molecule has 15 heavy (non-hydrogen) atoms. The molecule has 0 radical (unpaired) electrons. The molecule has 2 rings (SSSR count). The average Bonchev–Trinajstić information content (AvgIpc) is 2.30. The molecule has 0 amide bonds. The predicted molar refractivity (Wildman–Crippen MR) is 66.4 cm³/mol. The summed E-state index contributed by atoms with van der Waals surface area (Å²) in [6.07, 6.45) is 0. The van der Waals surface area contributed by atoms with Crippen molar-refractivity contribution in [2.75, 3.05) is 12.4 Å². The SMILES string of the molecule is CNc1cccc(-c2ccccc2Cl)c1. The van der Waals surface area contributed by atoms with Crippen LogP contribution < -0.4 is 5.32 Å². The van der Waals surface area contributed by atoms with Gasteiger partial charge in [0.15, 0.2) is 0 Å². The summed E-state index contributed by atoms with van der Waals surface area (Å²) in [6.45, 7) is 0. The number of halogens is 1. The number of benzene rings is 2. The van der Waals surface area contributed by atoms with Crippen LogP contribution in [0.25, 0.3) is 11.1 Å². The molecule has 2 aromatic carbocycles. The lowest BCUT2D eigenvalue weighted by atomic mass is 10.1. The number of hydrogen-bond acceptors (Lipinski definition) is 1. The Morgan fingerprint density at radius 2 is 1.80 bits per heavy atom. The van der Waals surface area contributed by atoms with E-state index >= 15 is 0 Å². The van der Waals surface area contributed by atoms with Crippen molar-refractivity contribution in [1.29, 1.82) is 0 Å². The van der Waals surface area contributed by atoms with Gasteiger partial charge < -0.3 is 5.32 Å². The van der Waals surface area contributed by atoms with Crippen molar-refractivity contribution in [3.8, 4) is 11.1 Å². The highest BCUT2D eigenvalue weighted by Crippen LogP contribution is 2.28. The van der Waals surface area contributed by atoms with Gasteiger partial charge in [0.05, 0.1) is 0 Å². The third-order valence-corrected chi connectivity index (χ3v) is 2.67. The molecule has 1 N–H and O–H groups in total. The summed E-state index contributed by atoms with van der Waals surface area (Å²) >= 11 is 6.13. The van der Waals surface area contributed by atoms with Gasteiger partial charge in [-0.15, -0.1) is 0 Å². The van der Waals surface area contributed by atoms with Crippen LogP contribution in [0, 0.1) is 0 Å². The van der Waals surface area contributed by atoms with Gasteiger partial charge in [0.1, 0.15) is 0 Å². The van der Waals surface area contributed by atoms with E-state index in [9.17, 15) is 0 Å². The topological polar surface area (TPSA) is 12.0 Å². The molecule has 0 saturated heterocycles. The highest BCUT2D eigenvalue weighted by atomic mass is 35.5. The highest BCUT2D eigenvalue weighted by Gasteiger charge is 2.02. The largest absolute Gasteiger partial charge is 0.388 e. The molecular formula is C13H12ClN. The molecular weight excluding hydrogens is 206 g/mol. The fourth-order valence-electron chi connectivity index (χ4n) is 1.54. The smallest absolute Gasteiger partial charge is 0.0484 e. The Hall–Kier alpha value is -1.47. The van der Waals surface area contributed by atoms with Crippen LogP contribution in [0.5, 0.6) is 0 Å². The second kappa shape index (κ2) is 4.37. The summed E-state index contributed by atoms with van der Waals surface area (Å²) < 4.78 is 0. The molecule has 0 heterocycles. The maximum atomic E-state index is 6.13. The van der Waals surface area contributed by atoms with Crippen LogP contribution in [0.3, 0.4) is 0 Å². The van der Waals surface area contributed by atoms with E-state index < -0.39 is 0 Å². The lowest BCUT2D eigenvalue weighted by Gasteiger charge is -2.06. The van der Waals surface area contributed by atoms with Gasteiger partial charge in [-0.1, -0.05) is 41.9 Å². The molecule has 0 aromatic heterocycles. The highest BCUT2D eigenvalue weighted by molar-refractivity contribution is 6.33. The number of nitrogens with one attached hydrogen (secondary N) is 1. The maximum absolute atomic E-state index is 6.13. The van der Waals surface area contributed by atoms with E-state index in [-0.39, 0.29) is 0 Å². The Morgan fingerprint density at radius 3 is 2.53 bits per heavy atom. The fourth-order valence-corrected chi connectivity index (χ4v) is 1.78. The quantitative estimate of drug-likeness (QED) is 0.801. The van der Waals surface area contributed by atoms with Gasteiger partial charge >= 0.3 is 0 Å². The number of rotatable bonds is 2. The first-order valence-electron chi connectivity index (χ1n) is 4.84. The Labute approximate surface area is 94.7 Å². The summed E-state index contributed by atoms with van der Waals surface area (Å²) in [5.74, 6) is 0. The van der Waals surface area contributed by atoms with Crippen LogP contribution in [0.15, 0.2) is 48.5 Å². The summed E-state index contributed by atoms with van der Waals surface area (Å²) in [6, 6.07) is 16.1. The summed E-state index contributed by atoms with van der Waals surface area (Å²) in [5, 5.41) is 3.90. The number of anilines is 1. The molecule has 0 aliphatic rings. The van der Waals surface area contributed by atoms with E-state index in [0.29, 0.717) is 0 Å². The van der Waals surface area contributed by atoms with Crippen molar-refractivity contribution in [1.82, 2.24) is 0 Å². The molecule has 0 spiro atoms. The van der Waals surface area contributed by atoms with Gasteiger partial charge in [0.25, 0.3) is 0 Å². The minimum atomic E-state index is 0.783. The van der Waals surface area contributed by atoms with Crippen LogP contribution in [0.2, 0.25) is 5.02 Å². The molecule has 0 aliphatic carbocycles. The molecule has 0 bridgehead atoms. The minimum Gasteiger partial charge on any atom is -0.388 e. The van der Waals surface area contributed by atoms with Crippen molar-refractivity contribution < 1.29 is 0 Å². The Balaban J connectivity index is 2.49. The fraction of sp³-hybridized carbons (Fsp3) is 0.0769. The molecule has 2 heteroatoms. The van der Waals surface area contributed by atoms with Crippen molar-refractivity contribution >= 4 is 17.3 Å². The Kier molecular flexibility index (Phi) is 2.93. The van der Waals surface area contributed by atoms with Crippen molar-refractivity contribution in [2.24, 2.45) is 0 Å². The zero-order valence-corrected chi connectivity index (χ0v) is 9.25. The van der Waals surface area contributed by atoms with E-state index in [0.717, 1.165) is 21.8 Å². The molecule has 0 fully saturated rings. The van der Waals surface area contributed by atoms with E-state index in [1.165, 1.54) is 0 Å². The molecule has 0 saturated carbocycles. The van der Waals surface area contributed by atoms with Gasteiger partial charge in [0.2, 0.25) is 0 Å². The minimum absolute atomic E-state index is 0.783. The van der Waals surface area contributed by atoms with E-state index in [1.54, 1.807) is 0 Å². The summed E-state index contributed by atoms with van der Waals surface area (Å²) in [7, 11) is 1.91. The molecule has 0 aliphatic heterocycles. The van der Waals surface area contributed by atoms with Gasteiger partial charge in [-0.05, 0) is 23.8 Å². The maximum Gasteiger partial charge on any atom is 0.0484 e. The predicted octanol–water partition coefficient (Wildman–Crippen LogP) is 4.05. The van der Waals surface area contributed by atoms with Crippen molar-refractivity contribution in [3.05, 3.63) is 53.6 Å². The lowest BCUT2D eigenvalue weighted by molar-refractivity contribution is 1.51. The first-order valence-corrected chi connectivity index (χ1v) is 5.22. The molecule has 2 aromatic rings. The Morgan fingerprint density at radius 1 is 1.00 bits per heavy atom. The van der Waals surface area contributed by atoms with Crippen LogP contribution in [-0.2, 0) is 0 Å². The normalized spacial score (nSPS) is 10.0. The lowest BCUT2D eigenvalue weighted by Crippen LogP contribution is -1.88. The van der Waals surface area contributed by atoms with Gasteiger partial charge in [0, 0.05) is 23.3 Å². The van der Waals surface area contributed by atoms with E-state index in [1.807, 2.05) is 43.4 Å². The van der Waals surface area contributed by atoms with Gasteiger partial charge in [-0.2, -0.15) is 0 Å². The molecule has 1 nitrogen and oxygen atoms in total. The van der Waals surface area contributed by atoms with Gasteiger partial charge in [-0.3, -0.25) is 0 Å². The zero-order chi connectivity index (χ0) is 10.7. The van der Waals surface area contributed by atoms with Crippen LogP contribution in [0.4, 0.5) is 5.69 Å². The summed E-state index contributed by atoms with van der Waals surface area (Å²) in [4.78, 5) is 0. The second-order valence-electron chi connectivity index (χ2n) is 3.31. The third-order valence-electron chi connectivity index (χ3n) is 2.34.